The summed E-state index contributed by atoms with van der Waals surface area (Å²) in [6.07, 6.45) is 0.916. The second kappa shape index (κ2) is 11.7. The molecule has 0 bridgehead atoms. The van der Waals surface area contributed by atoms with Crippen LogP contribution in [-0.2, 0) is 0 Å². The zero-order valence-corrected chi connectivity index (χ0v) is 21.8. The van der Waals surface area contributed by atoms with E-state index in [0.717, 1.165) is 6.16 Å². The van der Waals surface area contributed by atoms with Crippen LogP contribution in [0.1, 0.15) is 20.8 Å². The second-order valence-electron chi connectivity index (χ2n) is 7.62. The zero-order valence-electron chi connectivity index (χ0n) is 18.3. The second-order valence-corrected chi connectivity index (χ2v) is 16.0. The molecule has 0 aromatic heterocycles. The first-order valence-corrected chi connectivity index (χ1v) is 15.4. The number of hydrogen-bond acceptors (Lipinski definition) is 0. The molecule has 3 heteroatoms. The molecule has 3 aromatic carbocycles. The molecule has 0 aliphatic rings. The fraction of sp³-hybridized carbons (Fsp3) is 0.259. The Morgan fingerprint density at radius 2 is 0.933 bits per heavy atom. The molecule has 0 amide bonds. The van der Waals surface area contributed by atoms with Crippen LogP contribution in [0.15, 0.2) is 91.0 Å². The molecule has 0 saturated carbocycles. The Balaban J connectivity index is 0.00000320. The molecule has 0 heterocycles. The van der Waals surface area contributed by atoms with E-state index in [9.17, 15) is 0 Å². The van der Waals surface area contributed by atoms with Gasteiger partial charge in [-0.05, 0) is 54.5 Å². The van der Waals surface area contributed by atoms with E-state index in [1.807, 2.05) is 0 Å². The van der Waals surface area contributed by atoms with Crippen LogP contribution in [0.3, 0.4) is 0 Å². The minimum absolute atomic E-state index is 0. The van der Waals surface area contributed by atoms with Gasteiger partial charge in [0, 0.05) is 0 Å². The molecule has 3 rings (SSSR count). The Morgan fingerprint density at radius 1 is 0.600 bits per heavy atom. The lowest BCUT2D eigenvalue weighted by atomic mass is 10.4. The molecule has 0 aliphatic carbocycles. The largest absolute Gasteiger partial charge is 1.00 e. The molecule has 0 aliphatic heterocycles. The molecule has 0 nitrogen and oxygen atoms in total. The average Bonchev–Trinajstić information content (AvgIpc) is 2.82. The smallest absolute Gasteiger partial charge is 0.137 e. The van der Waals surface area contributed by atoms with Crippen LogP contribution >= 0.6 is 7.26 Å². The summed E-state index contributed by atoms with van der Waals surface area (Å²) in [4.78, 5) is 0. The van der Waals surface area contributed by atoms with Gasteiger partial charge in [-0.3, -0.25) is 0 Å². The lowest BCUT2D eigenvalue weighted by molar-refractivity contribution is -0.00000588. The molecule has 0 unspecified atom stereocenters. The van der Waals surface area contributed by atoms with Crippen molar-refractivity contribution in [2.75, 3.05) is 6.16 Å². The number of benzene rings is 3. The first-order valence-electron chi connectivity index (χ1n) is 10.8. The van der Waals surface area contributed by atoms with Gasteiger partial charge in [-0.1, -0.05) is 81.3 Å². The van der Waals surface area contributed by atoms with E-state index in [4.69, 9.17) is 0 Å². The molecule has 0 fully saturated rings. The summed E-state index contributed by atoms with van der Waals surface area (Å²) in [7, 11) is -3.29. The van der Waals surface area contributed by atoms with Gasteiger partial charge in [-0.25, -0.2) is 0 Å². The average molecular weight is 496 g/mol. The highest BCUT2D eigenvalue weighted by atomic mass is 79.9. The van der Waals surface area contributed by atoms with E-state index in [-0.39, 0.29) is 17.0 Å². The summed E-state index contributed by atoms with van der Waals surface area (Å²) in [5.74, 6) is 3.78. The van der Waals surface area contributed by atoms with Crippen molar-refractivity contribution in [2.24, 2.45) is 0 Å². The van der Waals surface area contributed by atoms with Gasteiger partial charge in [0.2, 0.25) is 0 Å². The molecular weight excluding hydrogens is 463 g/mol. The monoisotopic (exact) mass is 494 g/mol. The van der Waals surface area contributed by atoms with Gasteiger partial charge in [0.15, 0.2) is 0 Å². The summed E-state index contributed by atoms with van der Waals surface area (Å²) in [6, 6.07) is 37.0. The highest BCUT2D eigenvalue weighted by Gasteiger charge is 2.44. The maximum Gasteiger partial charge on any atom is 0.137 e. The van der Waals surface area contributed by atoms with Crippen molar-refractivity contribution in [2.45, 2.75) is 38.9 Å². The van der Waals surface area contributed by atoms with Crippen LogP contribution in [0.25, 0.3) is 0 Å². The fourth-order valence-electron chi connectivity index (χ4n) is 4.13. The van der Waals surface area contributed by atoms with Gasteiger partial charge in [-0.15, -0.1) is 5.54 Å². The van der Waals surface area contributed by atoms with Gasteiger partial charge in [0.25, 0.3) is 0 Å². The predicted molar refractivity (Wildman–Crippen MR) is 135 cm³/mol. The van der Waals surface area contributed by atoms with Crippen molar-refractivity contribution in [1.82, 2.24) is 0 Å². The Labute approximate surface area is 195 Å². The van der Waals surface area contributed by atoms with Crippen molar-refractivity contribution in [3.8, 4) is 11.5 Å². The Bertz CT molecular complexity index is 837. The van der Waals surface area contributed by atoms with Crippen LogP contribution in [0, 0.1) is 11.5 Å². The maximum atomic E-state index is 3.86. The van der Waals surface area contributed by atoms with Gasteiger partial charge in [0.05, 0.1) is 0 Å². The first-order chi connectivity index (χ1) is 14.2. The van der Waals surface area contributed by atoms with Crippen molar-refractivity contribution in [3.05, 3.63) is 91.0 Å². The van der Waals surface area contributed by atoms with Gasteiger partial charge < -0.3 is 17.0 Å². The molecule has 0 spiro atoms. The first kappa shape index (κ1) is 24.6. The Morgan fingerprint density at radius 3 is 1.23 bits per heavy atom. The summed E-state index contributed by atoms with van der Waals surface area (Å²) >= 11 is 0. The number of halogens is 1. The normalized spacial score (nSPS) is 11.2. The molecule has 0 atom stereocenters. The Hall–Kier alpha value is -1.65. The van der Waals surface area contributed by atoms with Crippen LogP contribution in [-0.4, -0.2) is 14.2 Å². The van der Waals surface area contributed by atoms with Crippen molar-refractivity contribution >= 4 is 31.2 Å². The van der Waals surface area contributed by atoms with Crippen molar-refractivity contribution in [3.63, 3.8) is 0 Å². The van der Waals surface area contributed by atoms with E-state index >= 15 is 0 Å². The molecule has 156 valence electrons. The lowest BCUT2D eigenvalue weighted by Gasteiger charge is -2.26. The summed E-state index contributed by atoms with van der Waals surface area (Å²) in [6.45, 7) is 7.01. The van der Waals surface area contributed by atoms with E-state index in [1.54, 1.807) is 0 Å². The SMILES string of the molecule is CC[Si](C#CC[P+](c1ccccc1)(c1ccccc1)c1ccccc1)(CC)CC.[Br-]. The van der Waals surface area contributed by atoms with Crippen LogP contribution in [0.5, 0.6) is 0 Å². The van der Waals surface area contributed by atoms with Crippen molar-refractivity contribution in [1.29, 1.82) is 0 Å². The molecule has 0 radical (unpaired) electrons. The highest BCUT2D eigenvalue weighted by molar-refractivity contribution is 7.95. The number of hydrogen-bond donors (Lipinski definition) is 0. The predicted octanol–water partition coefficient (Wildman–Crippen LogP) is 3.04. The minimum atomic E-state index is -1.82. The van der Waals surface area contributed by atoms with Gasteiger partial charge >= 0.3 is 0 Å². The van der Waals surface area contributed by atoms with Crippen molar-refractivity contribution < 1.29 is 17.0 Å². The van der Waals surface area contributed by atoms with Gasteiger partial charge in [-0.2, -0.15) is 0 Å². The summed E-state index contributed by atoms with van der Waals surface area (Å²) in [5, 5.41) is 4.26. The lowest BCUT2D eigenvalue weighted by Crippen LogP contribution is -3.00. The Kier molecular flexibility index (Phi) is 9.57. The van der Waals surface area contributed by atoms with E-state index < -0.39 is 15.3 Å². The third kappa shape index (κ3) is 5.15. The summed E-state index contributed by atoms with van der Waals surface area (Å²) < 4.78 is 0. The standard InChI is InChI=1S/C27H32PSi.BrH/c1-4-29(5-2,6-3)24-16-23-28(25-17-10-7-11-18-25,26-19-12-8-13-20-26)27-21-14-9-15-22-27;/h7-15,17-22H,4-6,23H2,1-3H3;1H/q+1;/p-1. The zero-order chi connectivity index (χ0) is 20.6. The molecular formula is C27H32BrPSi. The summed E-state index contributed by atoms with van der Waals surface area (Å²) in [5.41, 5.74) is 3.86. The quantitative estimate of drug-likeness (QED) is 0.269. The van der Waals surface area contributed by atoms with Gasteiger partial charge in [0.1, 0.15) is 37.4 Å². The molecule has 0 saturated heterocycles. The van der Waals surface area contributed by atoms with E-state index in [2.05, 4.69) is 123 Å². The van der Waals surface area contributed by atoms with Crippen LogP contribution in [0.4, 0.5) is 0 Å². The number of rotatable bonds is 7. The molecule has 30 heavy (non-hydrogen) atoms. The third-order valence-corrected chi connectivity index (χ3v) is 15.2. The van der Waals surface area contributed by atoms with Crippen LogP contribution < -0.4 is 32.9 Å². The highest BCUT2D eigenvalue weighted by Crippen LogP contribution is 2.54. The topological polar surface area (TPSA) is 0 Å². The minimum Gasteiger partial charge on any atom is -1.00 e. The maximum absolute atomic E-state index is 3.86. The fourth-order valence-corrected chi connectivity index (χ4v) is 10.6. The molecule has 0 N–H and O–H groups in total. The van der Waals surface area contributed by atoms with Crippen LogP contribution in [0.2, 0.25) is 18.1 Å². The molecule has 3 aromatic rings. The van der Waals surface area contributed by atoms with E-state index in [0.29, 0.717) is 0 Å². The van der Waals surface area contributed by atoms with E-state index in [1.165, 1.54) is 34.0 Å². The third-order valence-electron chi connectivity index (χ3n) is 6.29.